The van der Waals surface area contributed by atoms with Gasteiger partial charge in [0.2, 0.25) is 0 Å². The van der Waals surface area contributed by atoms with E-state index >= 15 is 0 Å². The molecule has 1 aliphatic rings. The third-order valence-corrected chi connectivity index (χ3v) is 6.30. The minimum atomic E-state index is -1.38. The third kappa shape index (κ3) is 6.31. The molecule has 41 heavy (non-hydrogen) atoms. The summed E-state index contributed by atoms with van der Waals surface area (Å²) in [7, 11) is 0. The van der Waals surface area contributed by atoms with Gasteiger partial charge in [0.25, 0.3) is 5.56 Å². The van der Waals surface area contributed by atoms with E-state index in [4.69, 9.17) is 18.9 Å². The summed E-state index contributed by atoms with van der Waals surface area (Å²) in [6, 6.07) is 25.5. The minimum absolute atomic E-state index is 0.201. The number of carbonyl (C=O) groups is 3. The Morgan fingerprint density at radius 2 is 1.17 bits per heavy atom. The lowest BCUT2D eigenvalue weighted by molar-refractivity contribution is -0.0640. The average Bonchev–Trinajstić information content (AvgIpc) is 3.33. The van der Waals surface area contributed by atoms with E-state index in [2.05, 4.69) is 4.98 Å². The zero-order valence-electron chi connectivity index (χ0n) is 21.5. The Kier molecular flexibility index (Phi) is 8.16. The molecule has 3 aromatic carbocycles. The van der Waals surface area contributed by atoms with Gasteiger partial charge in [-0.05, 0) is 36.4 Å². The molecular formula is C30H24N2O9. The molecule has 11 heteroatoms. The van der Waals surface area contributed by atoms with E-state index in [1.165, 1.54) is 30.5 Å². The van der Waals surface area contributed by atoms with E-state index in [0.717, 1.165) is 10.6 Å². The first kappa shape index (κ1) is 27.3. The highest BCUT2D eigenvalue weighted by molar-refractivity contribution is 5.91. The molecule has 5 rings (SSSR count). The Morgan fingerprint density at radius 3 is 1.68 bits per heavy atom. The van der Waals surface area contributed by atoms with Gasteiger partial charge in [0.1, 0.15) is 12.7 Å². The number of aromatic nitrogens is 2. The number of ether oxygens (including phenoxy) is 4. The molecule has 0 amide bonds. The largest absolute Gasteiger partial charge is 0.459 e. The van der Waals surface area contributed by atoms with Crippen LogP contribution in [0.5, 0.6) is 0 Å². The lowest BCUT2D eigenvalue weighted by Crippen LogP contribution is -2.43. The molecule has 11 nitrogen and oxygen atoms in total. The van der Waals surface area contributed by atoms with Crippen molar-refractivity contribution in [2.75, 3.05) is 6.61 Å². The van der Waals surface area contributed by atoms with Crippen LogP contribution in [0.15, 0.2) is 113 Å². The van der Waals surface area contributed by atoms with Crippen molar-refractivity contribution in [3.8, 4) is 0 Å². The van der Waals surface area contributed by atoms with Crippen LogP contribution in [-0.2, 0) is 18.9 Å². The lowest BCUT2D eigenvalue weighted by atomic mass is 10.1. The maximum absolute atomic E-state index is 13.1. The topological polar surface area (TPSA) is 143 Å². The number of hydrogen-bond donors (Lipinski definition) is 1. The summed E-state index contributed by atoms with van der Waals surface area (Å²) in [5.41, 5.74) is -0.804. The van der Waals surface area contributed by atoms with Crippen molar-refractivity contribution < 1.29 is 33.3 Å². The van der Waals surface area contributed by atoms with Gasteiger partial charge in [0.05, 0.1) is 16.7 Å². The zero-order valence-corrected chi connectivity index (χ0v) is 21.5. The van der Waals surface area contributed by atoms with E-state index in [1.807, 2.05) is 0 Å². The number of carbonyl (C=O) groups excluding carboxylic acids is 3. The second-order valence-electron chi connectivity index (χ2n) is 9.02. The van der Waals surface area contributed by atoms with Crippen LogP contribution in [0, 0.1) is 0 Å². The lowest BCUT2D eigenvalue weighted by Gasteiger charge is -2.25. The Labute approximate surface area is 232 Å². The highest BCUT2D eigenvalue weighted by atomic mass is 16.7. The van der Waals surface area contributed by atoms with Crippen molar-refractivity contribution in [2.24, 2.45) is 0 Å². The number of nitrogens with zero attached hydrogens (tertiary/aromatic N) is 1. The molecule has 4 atom stereocenters. The number of nitrogens with one attached hydrogen (secondary N) is 1. The van der Waals surface area contributed by atoms with Gasteiger partial charge in [-0.25, -0.2) is 19.2 Å². The first-order chi connectivity index (χ1) is 19.9. The van der Waals surface area contributed by atoms with Crippen molar-refractivity contribution in [1.29, 1.82) is 0 Å². The van der Waals surface area contributed by atoms with E-state index in [9.17, 15) is 24.0 Å². The molecule has 0 unspecified atom stereocenters. The van der Waals surface area contributed by atoms with Crippen LogP contribution in [-0.4, -0.2) is 52.4 Å². The van der Waals surface area contributed by atoms with Crippen molar-refractivity contribution in [2.45, 2.75) is 24.5 Å². The summed E-state index contributed by atoms with van der Waals surface area (Å²) in [5.74, 6) is -2.19. The summed E-state index contributed by atoms with van der Waals surface area (Å²) in [5, 5.41) is 0. The molecule has 0 spiro atoms. The first-order valence-electron chi connectivity index (χ1n) is 12.6. The van der Waals surface area contributed by atoms with Gasteiger partial charge in [-0.3, -0.25) is 14.3 Å². The van der Waals surface area contributed by atoms with E-state index < -0.39 is 60.3 Å². The molecule has 0 bridgehead atoms. The maximum Gasteiger partial charge on any atom is 0.338 e. The summed E-state index contributed by atoms with van der Waals surface area (Å²) in [6.07, 6.45) is -4.03. The smallest absolute Gasteiger partial charge is 0.338 e. The Hall–Kier alpha value is -5.29. The fourth-order valence-electron chi connectivity index (χ4n) is 4.31. The quantitative estimate of drug-likeness (QED) is 0.256. The molecule has 1 saturated heterocycles. The molecule has 208 valence electrons. The standard InChI is InChI=1S/C30H24N2O9/c33-23-16-17-32(30(37)31-23)26-25(41-29(36)21-14-8-3-9-15-21)24(40-28(35)20-12-6-2-7-13-20)22(39-26)18-38-27(34)19-10-4-1-5-11-19/h1-17,22,24-26H,18H2,(H,31,33,37)/t22-,24-,25+,26-/m0/s1. The highest BCUT2D eigenvalue weighted by Crippen LogP contribution is 2.34. The van der Waals surface area contributed by atoms with Crippen LogP contribution in [0.1, 0.15) is 37.3 Å². The van der Waals surface area contributed by atoms with E-state index in [1.54, 1.807) is 66.7 Å². The summed E-state index contributed by atoms with van der Waals surface area (Å²) >= 11 is 0. The fraction of sp³-hybridized carbons (Fsp3) is 0.167. The van der Waals surface area contributed by atoms with Crippen LogP contribution in [0.4, 0.5) is 0 Å². The molecule has 1 aromatic heterocycles. The SMILES string of the molecule is O=C(OC[C@@H]1O[C@H](n2ccc(=O)[nH]c2=O)[C@H](OC(=O)c2ccccc2)[C@H]1OC(=O)c1ccccc1)c1ccccc1. The minimum Gasteiger partial charge on any atom is -0.459 e. The van der Waals surface area contributed by atoms with Crippen LogP contribution in [0.2, 0.25) is 0 Å². The van der Waals surface area contributed by atoms with E-state index in [-0.39, 0.29) is 16.7 Å². The second kappa shape index (κ2) is 12.3. The Balaban J connectivity index is 1.50. The maximum atomic E-state index is 13.1. The van der Waals surface area contributed by atoms with Gasteiger partial charge in [-0.15, -0.1) is 0 Å². The number of benzene rings is 3. The third-order valence-electron chi connectivity index (χ3n) is 6.30. The number of aromatic amines is 1. The van der Waals surface area contributed by atoms with Gasteiger partial charge in [-0.2, -0.15) is 0 Å². The van der Waals surface area contributed by atoms with Crippen molar-refractivity contribution in [3.05, 3.63) is 141 Å². The predicted molar refractivity (Wildman–Crippen MR) is 143 cm³/mol. The molecule has 2 heterocycles. The predicted octanol–water partition coefficient (Wildman–Crippen LogP) is 2.74. The van der Waals surface area contributed by atoms with Gasteiger partial charge in [0.15, 0.2) is 18.4 Å². The van der Waals surface area contributed by atoms with Crippen LogP contribution in [0.25, 0.3) is 0 Å². The van der Waals surface area contributed by atoms with E-state index in [0.29, 0.717) is 0 Å². The molecule has 1 N–H and O–H groups in total. The van der Waals surface area contributed by atoms with Crippen molar-refractivity contribution in [3.63, 3.8) is 0 Å². The average molecular weight is 557 g/mol. The Bertz CT molecular complexity index is 1640. The van der Waals surface area contributed by atoms with Crippen molar-refractivity contribution in [1.82, 2.24) is 9.55 Å². The van der Waals surface area contributed by atoms with Gasteiger partial charge in [-0.1, -0.05) is 54.6 Å². The molecule has 4 aromatic rings. The monoisotopic (exact) mass is 556 g/mol. The number of esters is 3. The molecule has 0 saturated carbocycles. The summed E-state index contributed by atoms with van der Waals surface area (Å²) in [6.45, 7) is -0.408. The second-order valence-corrected chi connectivity index (χ2v) is 9.02. The van der Waals surface area contributed by atoms with Crippen molar-refractivity contribution >= 4 is 17.9 Å². The fourth-order valence-corrected chi connectivity index (χ4v) is 4.31. The number of rotatable bonds is 8. The number of hydrogen-bond acceptors (Lipinski definition) is 9. The highest BCUT2D eigenvalue weighted by Gasteiger charge is 2.51. The van der Waals surface area contributed by atoms with Gasteiger partial charge < -0.3 is 18.9 Å². The molecular weight excluding hydrogens is 532 g/mol. The molecule has 1 fully saturated rings. The van der Waals surface area contributed by atoms with Gasteiger partial charge >= 0.3 is 23.6 Å². The van der Waals surface area contributed by atoms with Crippen LogP contribution >= 0.6 is 0 Å². The summed E-state index contributed by atoms with van der Waals surface area (Å²) < 4.78 is 24.1. The first-order valence-corrected chi connectivity index (χ1v) is 12.6. The molecule has 1 aliphatic heterocycles. The number of H-pyrrole nitrogens is 1. The molecule has 0 aliphatic carbocycles. The van der Waals surface area contributed by atoms with Crippen LogP contribution in [0.3, 0.4) is 0 Å². The summed E-state index contributed by atoms with van der Waals surface area (Å²) in [4.78, 5) is 65.5. The molecule has 0 radical (unpaired) electrons. The van der Waals surface area contributed by atoms with Gasteiger partial charge in [0, 0.05) is 12.3 Å². The van der Waals surface area contributed by atoms with Crippen LogP contribution < -0.4 is 11.2 Å². The zero-order chi connectivity index (χ0) is 28.8. The Morgan fingerprint density at radius 1 is 0.683 bits per heavy atom. The normalized spacial score (nSPS) is 19.7.